The lowest BCUT2D eigenvalue weighted by Crippen LogP contribution is -2.37. The van der Waals surface area contributed by atoms with Gasteiger partial charge in [0, 0.05) is 18.0 Å². The molecule has 0 radical (unpaired) electrons. The number of piperidine rings is 1. The van der Waals surface area contributed by atoms with Crippen molar-refractivity contribution < 1.29 is 8.42 Å². The van der Waals surface area contributed by atoms with Crippen molar-refractivity contribution in [2.24, 2.45) is 5.92 Å². The molecular weight excluding hydrogens is 272 g/mol. The third kappa shape index (κ3) is 3.96. The van der Waals surface area contributed by atoms with E-state index < -0.39 is 9.84 Å². The molecular formula is C15H24N2O2S. The van der Waals surface area contributed by atoms with Crippen LogP contribution >= 0.6 is 0 Å². The Labute approximate surface area is 122 Å². The predicted octanol–water partition coefficient (Wildman–Crippen LogP) is 2.23. The Morgan fingerprint density at radius 3 is 2.25 bits per heavy atom. The Balaban J connectivity index is 1.96. The molecule has 1 atom stereocenters. The highest BCUT2D eigenvalue weighted by Gasteiger charge is 2.22. The molecule has 1 aliphatic rings. The van der Waals surface area contributed by atoms with Gasteiger partial charge in [0.05, 0.1) is 4.90 Å². The highest BCUT2D eigenvalue weighted by atomic mass is 32.2. The Morgan fingerprint density at radius 1 is 1.20 bits per heavy atom. The molecule has 4 nitrogen and oxygen atoms in total. The van der Waals surface area contributed by atoms with E-state index in [9.17, 15) is 8.42 Å². The summed E-state index contributed by atoms with van der Waals surface area (Å²) >= 11 is 0. The summed E-state index contributed by atoms with van der Waals surface area (Å²) < 4.78 is 22.8. The minimum Gasteiger partial charge on any atom is -0.382 e. The van der Waals surface area contributed by atoms with Crippen molar-refractivity contribution in [1.29, 1.82) is 0 Å². The average Bonchev–Trinajstić information content (AvgIpc) is 2.39. The molecule has 5 heteroatoms. The minimum atomic E-state index is -3.11. The highest BCUT2D eigenvalue weighted by Crippen LogP contribution is 2.23. The first-order valence-electron chi connectivity index (χ1n) is 7.11. The van der Waals surface area contributed by atoms with Crippen molar-refractivity contribution in [2.75, 3.05) is 31.7 Å². The molecule has 2 rings (SSSR count). The van der Waals surface area contributed by atoms with Gasteiger partial charge in [-0.05, 0) is 70.1 Å². The Morgan fingerprint density at radius 2 is 1.75 bits per heavy atom. The van der Waals surface area contributed by atoms with E-state index in [1.807, 2.05) is 12.1 Å². The zero-order valence-electron chi connectivity index (χ0n) is 12.5. The molecule has 1 fully saturated rings. The van der Waals surface area contributed by atoms with Crippen LogP contribution in [0.25, 0.3) is 0 Å². The molecule has 0 amide bonds. The first kappa shape index (κ1) is 15.3. The van der Waals surface area contributed by atoms with Crippen LogP contribution in [0, 0.1) is 5.92 Å². The highest BCUT2D eigenvalue weighted by molar-refractivity contribution is 7.90. The Kier molecular flexibility index (Phi) is 4.70. The number of hydrogen-bond acceptors (Lipinski definition) is 4. The van der Waals surface area contributed by atoms with Crippen LogP contribution in [0.5, 0.6) is 0 Å². The third-order valence-electron chi connectivity index (χ3n) is 4.15. The number of anilines is 1. The van der Waals surface area contributed by atoms with Gasteiger partial charge in [-0.15, -0.1) is 0 Å². The molecule has 20 heavy (non-hydrogen) atoms. The zero-order chi connectivity index (χ0) is 14.8. The lowest BCUT2D eigenvalue weighted by Gasteiger charge is -2.33. The topological polar surface area (TPSA) is 49.4 Å². The molecule has 1 aromatic carbocycles. The Bertz CT molecular complexity index is 531. The van der Waals surface area contributed by atoms with Crippen LogP contribution in [0.2, 0.25) is 0 Å². The molecule has 0 aliphatic carbocycles. The van der Waals surface area contributed by atoms with Crippen LogP contribution < -0.4 is 5.32 Å². The van der Waals surface area contributed by atoms with Crippen LogP contribution in [-0.4, -0.2) is 45.8 Å². The SMILES string of the molecule is CC(Nc1ccc(S(C)(=O)=O)cc1)C1CCN(C)CC1. The van der Waals surface area contributed by atoms with Crippen LogP contribution in [0.3, 0.4) is 0 Å². The van der Waals surface area contributed by atoms with Crippen molar-refractivity contribution in [3.05, 3.63) is 24.3 Å². The van der Waals surface area contributed by atoms with E-state index in [2.05, 4.69) is 24.2 Å². The summed E-state index contributed by atoms with van der Waals surface area (Å²) in [6, 6.07) is 7.44. The van der Waals surface area contributed by atoms with Gasteiger partial charge in [0.1, 0.15) is 0 Å². The fourth-order valence-corrected chi connectivity index (χ4v) is 3.34. The van der Waals surface area contributed by atoms with Gasteiger partial charge in [-0.1, -0.05) is 0 Å². The molecule has 1 saturated heterocycles. The van der Waals surface area contributed by atoms with Gasteiger partial charge < -0.3 is 10.2 Å². The number of nitrogens with one attached hydrogen (secondary N) is 1. The zero-order valence-corrected chi connectivity index (χ0v) is 13.3. The summed E-state index contributed by atoms with van der Waals surface area (Å²) in [5.41, 5.74) is 0.990. The van der Waals surface area contributed by atoms with Crippen LogP contribution in [0.15, 0.2) is 29.2 Å². The summed E-state index contributed by atoms with van der Waals surface area (Å²) in [5, 5.41) is 3.49. The quantitative estimate of drug-likeness (QED) is 0.925. The normalized spacial score (nSPS) is 19.8. The second-order valence-electron chi connectivity index (χ2n) is 5.87. The number of sulfone groups is 1. The monoisotopic (exact) mass is 296 g/mol. The first-order chi connectivity index (χ1) is 9.36. The summed E-state index contributed by atoms with van der Waals surface area (Å²) in [7, 11) is -0.943. The molecule has 1 unspecified atom stereocenters. The minimum absolute atomic E-state index is 0.370. The molecule has 1 heterocycles. The maximum Gasteiger partial charge on any atom is 0.175 e. The number of nitrogens with zero attached hydrogens (tertiary/aromatic N) is 1. The van der Waals surface area contributed by atoms with Crippen LogP contribution in [0.1, 0.15) is 19.8 Å². The maximum atomic E-state index is 11.4. The van der Waals surface area contributed by atoms with Crippen LogP contribution in [0.4, 0.5) is 5.69 Å². The number of hydrogen-bond donors (Lipinski definition) is 1. The molecule has 1 aliphatic heterocycles. The predicted molar refractivity (Wildman–Crippen MR) is 82.9 cm³/mol. The molecule has 0 bridgehead atoms. The van der Waals surface area contributed by atoms with Gasteiger partial charge in [-0.25, -0.2) is 8.42 Å². The van der Waals surface area contributed by atoms with Gasteiger partial charge in [0.25, 0.3) is 0 Å². The molecule has 0 saturated carbocycles. The number of benzene rings is 1. The van der Waals surface area contributed by atoms with E-state index in [0.29, 0.717) is 16.9 Å². The van der Waals surface area contributed by atoms with E-state index in [1.54, 1.807) is 12.1 Å². The van der Waals surface area contributed by atoms with E-state index in [-0.39, 0.29) is 0 Å². The molecule has 0 aromatic heterocycles. The third-order valence-corrected chi connectivity index (χ3v) is 5.28. The van der Waals surface area contributed by atoms with Crippen molar-refractivity contribution in [3.8, 4) is 0 Å². The summed E-state index contributed by atoms with van der Waals surface area (Å²) in [5.74, 6) is 0.681. The standard InChI is InChI=1S/C15H24N2O2S/c1-12(13-8-10-17(2)11-9-13)16-14-4-6-15(7-5-14)20(3,18)19/h4-7,12-13,16H,8-11H2,1-3H3. The summed E-state index contributed by atoms with van der Waals surface area (Å²) in [4.78, 5) is 2.74. The molecule has 1 N–H and O–H groups in total. The fourth-order valence-electron chi connectivity index (χ4n) is 2.71. The van der Waals surface area contributed by atoms with Crippen molar-refractivity contribution in [2.45, 2.75) is 30.7 Å². The van der Waals surface area contributed by atoms with E-state index in [1.165, 1.54) is 19.1 Å². The van der Waals surface area contributed by atoms with Crippen molar-refractivity contribution in [1.82, 2.24) is 4.90 Å². The largest absolute Gasteiger partial charge is 0.382 e. The summed E-state index contributed by atoms with van der Waals surface area (Å²) in [6.07, 6.45) is 3.66. The maximum absolute atomic E-state index is 11.4. The second-order valence-corrected chi connectivity index (χ2v) is 7.89. The van der Waals surface area contributed by atoms with Crippen molar-refractivity contribution in [3.63, 3.8) is 0 Å². The molecule has 0 spiro atoms. The van der Waals surface area contributed by atoms with Gasteiger partial charge in [-0.3, -0.25) is 0 Å². The fraction of sp³-hybridized carbons (Fsp3) is 0.600. The lowest BCUT2D eigenvalue weighted by atomic mass is 9.90. The van der Waals surface area contributed by atoms with Gasteiger partial charge >= 0.3 is 0 Å². The van der Waals surface area contributed by atoms with E-state index in [0.717, 1.165) is 18.8 Å². The number of rotatable bonds is 4. The van der Waals surface area contributed by atoms with E-state index >= 15 is 0 Å². The Hall–Kier alpha value is -1.07. The molecule has 1 aromatic rings. The van der Waals surface area contributed by atoms with Crippen molar-refractivity contribution >= 4 is 15.5 Å². The first-order valence-corrected chi connectivity index (χ1v) is 9.00. The summed E-state index contributed by atoms with van der Waals surface area (Å²) in [6.45, 7) is 4.52. The van der Waals surface area contributed by atoms with Crippen LogP contribution in [-0.2, 0) is 9.84 Å². The lowest BCUT2D eigenvalue weighted by molar-refractivity contribution is 0.208. The number of likely N-dealkylation sites (tertiary alicyclic amines) is 1. The van der Waals surface area contributed by atoms with Gasteiger partial charge in [-0.2, -0.15) is 0 Å². The van der Waals surface area contributed by atoms with E-state index in [4.69, 9.17) is 0 Å². The molecule has 112 valence electrons. The smallest absolute Gasteiger partial charge is 0.175 e. The average molecular weight is 296 g/mol. The second kappa shape index (κ2) is 6.14. The van der Waals surface area contributed by atoms with Gasteiger partial charge in [0.2, 0.25) is 0 Å². The van der Waals surface area contributed by atoms with Gasteiger partial charge in [0.15, 0.2) is 9.84 Å².